The van der Waals surface area contributed by atoms with E-state index >= 15 is 0 Å². The number of benzene rings is 2. The van der Waals surface area contributed by atoms with Gasteiger partial charge in [-0.25, -0.2) is 13.2 Å². The molecule has 0 aliphatic carbocycles. The van der Waals surface area contributed by atoms with Crippen LogP contribution in [0.1, 0.15) is 10.4 Å². The van der Waals surface area contributed by atoms with E-state index in [1.165, 1.54) is 24.3 Å². The van der Waals surface area contributed by atoms with Crippen molar-refractivity contribution in [1.29, 1.82) is 0 Å². The van der Waals surface area contributed by atoms with Crippen LogP contribution in [0.2, 0.25) is 0 Å². The minimum Gasteiger partial charge on any atom is -0.411 e. The number of thioether (sulfide) groups is 1. The molecule has 0 spiro atoms. The predicted molar refractivity (Wildman–Crippen MR) is 81.1 cm³/mol. The van der Waals surface area contributed by atoms with E-state index in [2.05, 4.69) is 10.2 Å². The summed E-state index contributed by atoms with van der Waals surface area (Å²) in [5.41, 5.74) is 0.194. The minimum absolute atomic E-state index is 0.00382. The van der Waals surface area contributed by atoms with Crippen LogP contribution in [0.15, 0.2) is 52.1 Å². The van der Waals surface area contributed by atoms with Crippen LogP contribution < -0.4 is 0 Å². The molecule has 4 nitrogen and oxygen atoms in total. The van der Waals surface area contributed by atoms with Gasteiger partial charge in [0, 0.05) is 5.56 Å². The van der Waals surface area contributed by atoms with Crippen LogP contribution in [-0.2, 0) is 0 Å². The molecule has 0 radical (unpaired) electrons. The number of hydrogen-bond donors (Lipinski definition) is 0. The van der Waals surface area contributed by atoms with Gasteiger partial charge in [0.1, 0.15) is 5.82 Å². The van der Waals surface area contributed by atoms with E-state index in [9.17, 15) is 18.0 Å². The molecule has 0 N–H and O–H groups in total. The molecule has 3 aromatic rings. The Morgan fingerprint density at radius 3 is 2.54 bits per heavy atom. The van der Waals surface area contributed by atoms with Gasteiger partial charge < -0.3 is 4.42 Å². The number of hydrogen-bond acceptors (Lipinski definition) is 5. The largest absolute Gasteiger partial charge is 0.411 e. The number of halogens is 3. The van der Waals surface area contributed by atoms with Crippen LogP contribution in [-0.4, -0.2) is 21.7 Å². The van der Waals surface area contributed by atoms with Gasteiger partial charge in [-0.1, -0.05) is 23.9 Å². The van der Waals surface area contributed by atoms with Crippen LogP contribution in [0.4, 0.5) is 13.2 Å². The first-order valence-corrected chi connectivity index (χ1v) is 7.72. The molecule has 0 aliphatic heterocycles. The van der Waals surface area contributed by atoms with Crippen molar-refractivity contribution in [3.05, 3.63) is 65.5 Å². The number of nitrogens with zero attached hydrogens (tertiary/aromatic N) is 2. The number of carbonyl (C=O) groups excluding carboxylic acids is 1. The molecular formula is C16H9F3N2O2S. The van der Waals surface area contributed by atoms with Crippen molar-refractivity contribution < 1.29 is 22.4 Å². The van der Waals surface area contributed by atoms with Crippen LogP contribution in [0.25, 0.3) is 11.5 Å². The van der Waals surface area contributed by atoms with Gasteiger partial charge >= 0.3 is 0 Å². The summed E-state index contributed by atoms with van der Waals surface area (Å²) in [5, 5.41) is 7.52. The van der Waals surface area contributed by atoms with Crippen molar-refractivity contribution >= 4 is 17.5 Å². The SMILES string of the molecule is O=C(CSc1nnc(-c2ccccc2F)o1)c1ccc(F)c(F)c1. The van der Waals surface area contributed by atoms with Crippen molar-refractivity contribution in [3.8, 4) is 11.5 Å². The Balaban J connectivity index is 1.68. The standard InChI is InChI=1S/C16H9F3N2O2S/c17-11-4-2-1-3-10(11)15-20-21-16(23-15)24-8-14(22)9-5-6-12(18)13(19)7-9/h1-7H,8H2. The highest BCUT2D eigenvalue weighted by Crippen LogP contribution is 2.25. The molecule has 0 atom stereocenters. The molecule has 1 heterocycles. The fraction of sp³-hybridized carbons (Fsp3) is 0.0625. The molecule has 2 aromatic carbocycles. The maximum Gasteiger partial charge on any atom is 0.277 e. The number of carbonyl (C=O) groups is 1. The lowest BCUT2D eigenvalue weighted by Crippen LogP contribution is -2.03. The number of ketones is 1. The molecule has 0 fully saturated rings. The number of aromatic nitrogens is 2. The van der Waals surface area contributed by atoms with Crippen molar-refractivity contribution in [2.75, 3.05) is 5.75 Å². The van der Waals surface area contributed by atoms with Crippen molar-refractivity contribution in [1.82, 2.24) is 10.2 Å². The lowest BCUT2D eigenvalue weighted by Gasteiger charge is -2.00. The zero-order valence-corrected chi connectivity index (χ0v) is 12.8. The summed E-state index contributed by atoms with van der Waals surface area (Å²) < 4.78 is 44.9. The average molecular weight is 350 g/mol. The van der Waals surface area contributed by atoms with Gasteiger partial charge in [0.05, 0.1) is 11.3 Å². The molecule has 8 heteroatoms. The first-order chi connectivity index (χ1) is 11.5. The van der Waals surface area contributed by atoms with Gasteiger partial charge in [-0.2, -0.15) is 0 Å². The third-order valence-electron chi connectivity index (χ3n) is 3.08. The minimum atomic E-state index is -1.09. The maximum absolute atomic E-state index is 13.6. The highest BCUT2D eigenvalue weighted by atomic mass is 32.2. The first kappa shape index (κ1) is 16.3. The maximum atomic E-state index is 13.6. The van der Waals surface area contributed by atoms with E-state index < -0.39 is 23.2 Å². The Bertz CT molecular complexity index is 899. The third-order valence-corrected chi connectivity index (χ3v) is 3.90. The summed E-state index contributed by atoms with van der Waals surface area (Å²) in [4.78, 5) is 12.0. The number of rotatable bonds is 5. The summed E-state index contributed by atoms with van der Waals surface area (Å²) in [7, 11) is 0. The lowest BCUT2D eigenvalue weighted by molar-refractivity contribution is 0.102. The van der Waals surface area contributed by atoms with Crippen molar-refractivity contribution in [3.63, 3.8) is 0 Å². The van der Waals surface area contributed by atoms with Crippen LogP contribution in [0.5, 0.6) is 0 Å². The van der Waals surface area contributed by atoms with Gasteiger partial charge in [-0.05, 0) is 30.3 Å². The smallest absolute Gasteiger partial charge is 0.277 e. The highest BCUT2D eigenvalue weighted by Gasteiger charge is 2.15. The fourth-order valence-corrected chi connectivity index (χ4v) is 2.55. The van der Waals surface area contributed by atoms with Gasteiger partial charge in [0.25, 0.3) is 11.1 Å². The van der Waals surface area contributed by atoms with E-state index in [1.54, 1.807) is 6.07 Å². The molecule has 0 bridgehead atoms. The van der Waals surface area contributed by atoms with Gasteiger partial charge in [-0.15, -0.1) is 10.2 Å². The molecule has 0 unspecified atom stereocenters. The Morgan fingerprint density at radius 1 is 1.00 bits per heavy atom. The van der Waals surface area contributed by atoms with Crippen molar-refractivity contribution in [2.24, 2.45) is 0 Å². The molecule has 3 rings (SSSR count). The molecule has 0 amide bonds. The quantitative estimate of drug-likeness (QED) is 0.512. The van der Waals surface area contributed by atoms with E-state index in [0.29, 0.717) is 0 Å². The molecule has 122 valence electrons. The fourth-order valence-electron chi connectivity index (χ4n) is 1.89. The third kappa shape index (κ3) is 3.48. The second-order valence-electron chi connectivity index (χ2n) is 4.69. The van der Waals surface area contributed by atoms with Crippen LogP contribution >= 0.6 is 11.8 Å². The monoisotopic (exact) mass is 350 g/mol. The van der Waals surface area contributed by atoms with Gasteiger partial charge in [-0.3, -0.25) is 4.79 Å². The second-order valence-corrected chi connectivity index (χ2v) is 5.62. The predicted octanol–water partition coefficient (Wildman–Crippen LogP) is 4.13. The van der Waals surface area contributed by atoms with Gasteiger partial charge in [0.2, 0.25) is 0 Å². The molecular weight excluding hydrogens is 341 g/mol. The number of Topliss-reactive ketones (excluding diaryl/α,β-unsaturated/α-hetero) is 1. The summed E-state index contributed by atoms with van der Waals surface area (Å²) in [6.45, 7) is 0. The Kier molecular flexibility index (Phi) is 4.66. The molecule has 0 aliphatic rings. The first-order valence-electron chi connectivity index (χ1n) is 6.74. The summed E-state index contributed by atoms with van der Waals surface area (Å²) in [5.74, 6) is -3.16. The Hall–Kier alpha value is -2.61. The van der Waals surface area contributed by atoms with Crippen molar-refractivity contribution in [2.45, 2.75) is 5.22 Å². The molecule has 1 aromatic heterocycles. The summed E-state index contributed by atoms with van der Waals surface area (Å²) in [6, 6.07) is 8.82. The zero-order valence-electron chi connectivity index (χ0n) is 12.0. The van der Waals surface area contributed by atoms with Gasteiger partial charge in [0.15, 0.2) is 17.4 Å². The normalized spacial score (nSPS) is 10.8. The Labute approximate surface area is 138 Å². The van der Waals surface area contributed by atoms with Crippen LogP contribution in [0.3, 0.4) is 0 Å². The topological polar surface area (TPSA) is 56.0 Å². The highest BCUT2D eigenvalue weighted by molar-refractivity contribution is 7.99. The molecule has 0 saturated heterocycles. The second kappa shape index (κ2) is 6.88. The summed E-state index contributed by atoms with van der Waals surface area (Å²) in [6.07, 6.45) is 0. The van der Waals surface area contributed by atoms with E-state index in [0.717, 1.165) is 23.9 Å². The lowest BCUT2D eigenvalue weighted by atomic mass is 10.1. The van der Waals surface area contributed by atoms with E-state index in [1.807, 2.05) is 0 Å². The summed E-state index contributed by atoms with van der Waals surface area (Å²) >= 11 is 0.926. The average Bonchev–Trinajstić information content (AvgIpc) is 3.04. The van der Waals surface area contributed by atoms with E-state index in [-0.39, 0.29) is 28.0 Å². The molecule has 24 heavy (non-hydrogen) atoms. The molecule has 0 saturated carbocycles. The Morgan fingerprint density at radius 2 is 1.79 bits per heavy atom. The van der Waals surface area contributed by atoms with Crippen LogP contribution in [0, 0.1) is 17.5 Å². The zero-order chi connectivity index (χ0) is 17.1. The van der Waals surface area contributed by atoms with E-state index in [4.69, 9.17) is 4.42 Å².